The highest BCUT2D eigenvalue weighted by Crippen LogP contribution is 2.20. The van der Waals surface area contributed by atoms with Crippen LogP contribution in [-0.4, -0.2) is 69.2 Å². The number of hydrogen-bond acceptors (Lipinski definition) is 4. The summed E-state index contributed by atoms with van der Waals surface area (Å²) in [5, 5.41) is 3.32. The second-order valence-corrected chi connectivity index (χ2v) is 8.06. The van der Waals surface area contributed by atoms with Gasteiger partial charge in [-0.05, 0) is 52.2 Å². The Bertz CT molecular complexity index is 379. The third-order valence-electron chi connectivity index (χ3n) is 4.37. The summed E-state index contributed by atoms with van der Waals surface area (Å²) in [6, 6.07) is 0.108. The van der Waals surface area contributed by atoms with E-state index in [1.807, 2.05) is 6.92 Å². The van der Waals surface area contributed by atoms with Gasteiger partial charge in [0.15, 0.2) is 0 Å². The van der Waals surface area contributed by atoms with Crippen LogP contribution in [0.15, 0.2) is 0 Å². The van der Waals surface area contributed by atoms with Crippen molar-refractivity contribution < 1.29 is 8.42 Å². The molecule has 2 fully saturated rings. The maximum absolute atomic E-state index is 12.4. The Kier molecular flexibility index (Phi) is 5.22. The number of rotatable bonds is 4. The minimum Gasteiger partial charge on any atom is -0.317 e. The molecule has 0 spiro atoms. The predicted octanol–water partition coefficient (Wildman–Crippen LogP) is 0.342. The predicted molar refractivity (Wildman–Crippen MR) is 77.7 cm³/mol. The molecule has 1 N–H and O–H groups in total. The van der Waals surface area contributed by atoms with Crippen molar-refractivity contribution in [3.63, 3.8) is 0 Å². The summed E-state index contributed by atoms with van der Waals surface area (Å²) in [4.78, 5) is 2.20. The van der Waals surface area contributed by atoms with Crippen LogP contribution in [0, 0.1) is 5.92 Å². The summed E-state index contributed by atoms with van der Waals surface area (Å²) in [5.74, 6) is 0.907. The second-order valence-electron chi connectivity index (χ2n) is 6.02. The van der Waals surface area contributed by atoms with Gasteiger partial charge in [0.1, 0.15) is 0 Å². The van der Waals surface area contributed by atoms with E-state index in [1.165, 1.54) is 0 Å². The monoisotopic (exact) mass is 289 g/mol. The number of nitrogens with one attached hydrogen (secondary N) is 1. The van der Waals surface area contributed by atoms with Crippen molar-refractivity contribution in [2.24, 2.45) is 5.92 Å². The molecule has 112 valence electrons. The fourth-order valence-corrected chi connectivity index (χ4v) is 4.98. The fraction of sp³-hybridized carbons (Fsp3) is 1.00. The lowest BCUT2D eigenvalue weighted by atomic mass is 9.96. The molecule has 0 aromatic heterocycles. The number of nitrogens with zero attached hydrogens (tertiary/aromatic N) is 2. The molecule has 0 radical (unpaired) electrons. The summed E-state index contributed by atoms with van der Waals surface area (Å²) in [6.07, 6.45) is 3.06. The van der Waals surface area contributed by atoms with E-state index in [-0.39, 0.29) is 6.04 Å². The molecule has 5 nitrogen and oxygen atoms in total. The third kappa shape index (κ3) is 4.15. The first kappa shape index (κ1) is 15.2. The van der Waals surface area contributed by atoms with Gasteiger partial charge >= 0.3 is 0 Å². The molecule has 19 heavy (non-hydrogen) atoms. The van der Waals surface area contributed by atoms with Gasteiger partial charge < -0.3 is 10.2 Å². The Morgan fingerprint density at radius 3 is 2.53 bits per heavy atom. The maximum atomic E-state index is 12.4. The van der Waals surface area contributed by atoms with Gasteiger partial charge in [0, 0.05) is 25.7 Å². The highest BCUT2D eigenvalue weighted by atomic mass is 32.2. The van der Waals surface area contributed by atoms with Gasteiger partial charge in [-0.3, -0.25) is 0 Å². The quantitative estimate of drug-likeness (QED) is 0.811. The van der Waals surface area contributed by atoms with Gasteiger partial charge in [0.05, 0.1) is 5.75 Å². The number of hydrogen-bond donors (Lipinski definition) is 1. The molecular weight excluding hydrogens is 262 g/mol. The van der Waals surface area contributed by atoms with Gasteiger partial charge in [0.25, 0.3) is 0 Å². The van der Waals surface area contributed by atoms with E-state index in [2.05, 4.69) is 17.3 Å². The van der Waals surface area contributed by atoms with Gasteiger partial charge in [-0.25, -0.2) is 8.42 Å². The molecule has 2 heterocycles. The highest BCUT2D eigenvalue weighted by Gasteiger charge is 2.31. The number of piperazine rings is 1. The van der Waals surface area contributed by atoms with Crippen LogP contribution >= 0.6 is 0 Å². The van der Waals surface area contributed by atoms with E-state index < -0.39 is 10.0 Å². The summed E-state index contributed by atoms with van der Waals surface area (Å²) in [5.41, 5.74) is 0. The minimum atomic E-state index is -3.07. The molecule has 2 saturated heterocycles. The lowest BCUT2D eigenvalue weighted by Gasteiger charge is -2.37. The number of likely N-dealkylation sites (N-methyl/N-ethyl adjacent to an activating group) is 1. The van der Waals surface area contributed by atoms with E-state index in [4.69, 9.17) is 0 Å². The van der Waals surface area contributed by atoms with Crippen molar-refractivity contribution in [2.75, 3.05) is 45.5 Å². The van der Waals surface area contributed by atoms with Crippen molar-refractivity contribution in [1.82, 2.24) is 14.5 Å². The van der Waals surface area contributed by atoms with E-state index in [0.717, 1.165) is 45.4 Å². The first-order valence-corrected chi connectivity index (χ1v) is 8.99. The van der Waals surface area contributed by atoms with Crippen molar-refractivity contribution >= 4 is 10.0 Å². The van der Waals surface area contributed by atoms with E-state index >= 15 is 0 Å². The van der Waals surface area contributed by atoms with Crippen LogP contribution in [0.2, 0.25) is 0 Å². The Balaban J connectivity index is 1.86. The first-order chi connectivity index (χ1) is 8.99. The molecule has 0 amide bonds. The summed E-state index contributed by atoms with van der Waals surface area (Å²) < 4.78 is 26.6. The van der Waals surface area contributed by atoms with E-state index in [1.54, 1.807) is 4.31 Å². The molecule has 0 saturated carbocycles. The molecule has 0 bridgehead atoms. The van der Waals surface area contributed by atoms with Gasteiger partial charge in [-0.1, -0.05) is 0 Å². The lowest BCUT2D eigenvalue weighted by Crippen LogP contribution is -2.53. The van der Waals surface area contributed by atoms with Crippen LogP contribution in [0.1, 0.15) is 26.2 Å². The average molecular weight is 289 g/mol. The SMILES string of the molecule is CC1CN(C)CCN1S(=O)(=O)CCC1CCNCC1. The Hall–Kier alpha value is -0.170. The Morgan fingerprint density at radius 1 is 1.21 bits per heavy atom. The molecule has 0 aromatic carbocycles. The number of piperidine rings is 1. The molecule has 6 heteroatoms. The fourth-order valence-electron chi connectivity index (χ4n) is 3.14. The van der Waals surface area contributed by atoms with Crippen LogP contribution in [0.5, 0.6) is 0 Å². The van der Waals surface area contributed by atoms with Crippen LogP contribution in [0.25, 0.3) is 0 Å². The summed E-state index contributed by atoms with van der Waals surface area (Å²) in [6.45, 7) is 6.42. The van der Waals surface area contributed by atoms with Crippen LogP contribution in [-0.2, 0) is 10.0 Å². The van der Waals surface area contributed by atoms with Gasteiger partial charge in [-0.2, -0.15) is 4.31 Å². The zero-order valence-electron chi connectivity index (χ0n) is 12.1. The van der Waals surface area contributed by atoms with Crippen molar-refractivity contribution in [3.8, 4) is 0 Å². The molecule has 0 aliphatic carbocycles. The molecular formula is C13H27N3O2S. The minimum absolute atomic E-state index is 0.108. The molecule has 2 aliphatic rings. The first-order valence-electron chi connectivity index (χ1n) is 7.38. The number of sulfonamides is 1. The van der Waals surface area contributed by atoms with Gasteiger partial charge in [0.2, 0.25) is 10.0 Å². The van der Waals surface area contributed by atoms with Crippen molar-refractivity contribution in [3.05, 3.63) is 0 Å². The Labute approximate surface area is 117 Å². The standard InChI is InChI=1S/C13H27N3O2S/c1-12-11-15(2)8-9-16(12)19(17,18)10-5-13-3-6-14-7-4-13/h12-14H,3-11H2,1-2H3. The molecule has 1 atom stereocenters. The average Bonchev–Trinajstić information content (AvgIpc) is 2.37. The topological polar surface area (TPSA) is 52.7 Å². The van der Waals surface area contributed by atoms with E-state index in [0.29, 0.717) is 18.2 Å². The molecule has 1 unspecified atom stereocenters. The second kappa shape index (κ2) is 6.52. The van der Waals surface area contributed by atoms with Crippen molar-refractivity contribution in [1.29, 1.82) is 0 Å². The normalized spacial score (nSPS) is 28.6. The zero-order valence-corrected chi connectivity index (χ0v) is 13.0. The largest absolute Gasteiger partial charge is 0.317 e. The van der Waals surface area contributed by atoms with Crippen molar-refractivity contribution in [2.45, 2.75) is 32.2 Å². The lowest BCUT2D eigenvalue weighted by molar-refractivity contribution is 0.170. The van der Waals surface area contributed by atoms with Crippen LogP contribution in [0.3, 0.4) is 0 Å². The highest BCUT2D eigenvalue weighted by molar-refractivity contribution is 7.89. The Morgan fingerprint density at radius 2 is 1.89 bits per heavy atom. The molecule has 0 aromatic rings. The smallest absolute Gasteiger partial charge is 0.214 e. The molecule has 2 aliphatic heterocycles. The summed E-state index contributed by atoms with van der Waals surface area (Å²) >= 11 is 0. The van der Waals surface area contributed by atoms with Crippen LogP contribution < -0.4 is 5.32 Å². The van der Waals surface area contributed by atoms with E-state index in [9.17, 15) is 8.42 Å². The molecule has 2 rings (SSSR count). The maximum Gasteiger partial charge on any atom is 0.214 e. The zero-order chi connectivity index (χ0) is 13.9. The van der Waals surface area contributed by atoms with Crippen LogP contribution in [0.4, 0.5) is 0 Å². The van der Waals surface area contributed by atoms with Gasteiger partial charge in [-0.15, -0.1) is 0 Å². The third-order valence-corrected chi connectivity index (χ3v) is 6.38. The summed E-state index contributed by atoms with van der Waals surface area (Å²) in [7, 11) is -1.02.